The van der Waals surface area contributed by atoms with E-state index in [9.17, 15) is 0 Å². The molecule has 3 aromatic carbocycles. The van der Waals surface area contributed by atoms with Crippen molar-refractivity contribution in [2.75, 3.05) is 14.2 Å². The topological polar surface area (TPSA) is 18.5 Å². The Labute approximate surface area is 126 Å². The van der Waals surface area contributed by atoms with Crippen LogP contribution in [0.15, 0.2) is 48.5 Å². The summed E-state index contributed by atoms with van der Waals surface area (Å²) in [5.74, 6) is 1.54. The molecular formula is C18H14O2S. The average Bonchev–Trinajstić information content (AvgIpc) is 2.88. The number of rotatable bonds is 2. The first-order chi connectivity index (χ1) is 10.3. The molecule has 0 aliphatic carbocycles. The lowest BCUT2D eigenvalue weighted by Gasteiger charge is -2.09. The van der Waals surface area contributed by atoms with Crippen molar-refractivity contribution in [2.45, 2.75) is 0 Å². The van der Waals surface area contributed by atoms with Gasteiger partial charge in [0.15, 0.2) is 11.5 Å². The number of benzene rings is 3. The van der Waals surface area contributed by atoms with Crippen molar-refractivity contribution in [3.05, 3.63) is 48.5 Å². The van der Waals surface area contributed by atoms with Crippen molar-refractivity contribution in [3.8, 4) is 11.5 Å². The molecule has 3 heteroatoms. The monoisotopic (exact) mass is 294 g/mol. The van der Waals surface area contributed by atoms with Gasteiger partial charge in [0.1, 0.15) is 0 Å². The van der Waals surface area contributed by atoms with E-state index in [-0.39, 0.29) is 0 Å². The third-order valence-corrected chi connectivity index (χ3v) is 4.97. The Kier molecular flexibility index (Phi) is 2.76. The van der Waals surface area contributed by atoms with Gasteiger partial charge in [-0.1, -0.05) is 18.2 Å². The standard InChI is InChI=1S/C18H14O2S/c1-19-15-8-11-7-14-13-5-3-4-6-17(13)21-18(14)10-12(11)9-16(15)20-2/h3-10H,1-2H3. The molecule has 0 saturated heterocycles. The van der Waals surface area contributed by atoms with Crippen LogP contribution in [0.4, 0.5) is 0 Å². The molecule has 0 aliphatic heterocycles. The Hall–Kier alpha value is -2.26. The lowest BCUT2D eigenvalue weighted by Crippen LogP contribution is -1.90. The second-order valence-corrected chi connectivity index (χ2v) is 6.08. The maximum atomic E-state index is 5.40. The zero-order chi connectivity index (χ0) is 14.4. The molecular weight excluding hydrogens is 280 g/mol. The number of hydrogen-bond donors (Lipinski definition) is 0. The molecule has 4 aromatic rings. The smallest absolute Gasteiger partial charge is 0.161 e. The fourth-order valence-electron chi connectivity index (χ4n) is 2.80. The summed E-state index contributed by atoms with van der Waals surface area (Å²) in [5, 5.41) is 4.96. The first kappa shape index (κ1) is 12.5. The molecule has 0 amide bonds. The number of ether oxygens (including phenoxy) is 2. The van der Waals surface area contributed by atoms with Crippen molar-refractivity contribution in [1.82, 2.24) is 0 Å². The molecule has 0 atom stereocenters. The van der Waals surface area contributed by atoms with Gasteiger partial charge in [0.05, 0.1) is 14.2 Å². The number of fused-ring (bicyclic) bond motifs is 4. The molecule has 0 aliphatic rings. The van der Waals surface area contributed by atoms with Crippen molar-refractivity contribution in [3.63, 3.8) is 0 Å². The van der Waals surface area contributed by atoms with Crippen molar-refractivity contribution < 1.29 is 9.47 Å². The van der Waals surface area contributed by atoms with E-state index in [2.05, 4.69) is 36.4 Å². The molecule has 0 saturated carbocycles. The summed E-state index contributed by atoms with van der Waals surface area (Å²) in [6.45, 7) is 0. The van der Waals surface area contributed by atoms with E-state index in [0.717, 1.165) is 11.5 Å². The summed E-state index contributed by atoms with van der Waals surface area (Å²) in [4.78, 5) is 0. The zero-order valence-electron chi connectivity index (χ0n) is 11.8. The Morgan fingerprint density at radius 2 is 1.38 bits per heavy atom. The summed E-state index contributed by atoms with van der Waals surface area (Å²) in [6, 6.07) is 17.1. The molecule has 21 heavy (non-hydrogen) atoms. The molecule has 0 spiro atoms. The molecule has 2 nitrogen and oxygen atoms in total. The second-order valence-electron chi connectivity index (χ2n) is 5.00. The largest absolute Gasteiger partial charge is 0.493 e. The highest BCUT2D eigenvalue weighted by atomic mass is 32.1. The highest BCUT2D eigenvalue weighted by Gasteiger charge is 2.10. The maximum Gasteiger partial charge on any atom is 0.161 e. The molecule has 0 radical (unpaired) electrons. The number of thiophene rings is 1. The second kappa shape index (κ2) is 4.64. The van der Waals surface area contributed by atoms with Crippen LogP contribution in [-0.2, 0) is 0 Å². The molecule has 0 fully saturated rings. The molecule has 104 valence electrons. The van der Waals surface area contributed by atoms with Gasteiger partial charge < -0.3 is 9.47 Å². The first-order valence-corrected chi connectivity index (χ1v) is 7.59. The van der Waals surface area contributed by atoms with Gasteiger partial charge in [0.2, 0.25) is 0 Å². The minimum Gasteiger partial charge on any atom is -0.493 e. The first-order valence-electron chi connectivity index (χ1n) is 6.77. The summed E-state index contributed by atoms with van der Waals surface area (Å²) >= 11 is 1.83. The minimum absolute atomic E-state index is 0.767. The fraction of sp³-hybridized carbons (Fsp3) is 0.111. The molecule has 0 unspecified atom stereocenters. The quantitative estimate of drug-likeness (QED) is 0.504. The van der Waals surface area contributed by atoms with Crippen LogP contribution in [0.25, 0.3) is 30.9 Å². The van der Waals surface area contributed by atoms with Crippen LogP contribution >= 0.6 is 11.3 Å². The van der Waals surface area contributed by atoms with E-state index >= 15 is 0 Å². The predicted octanol–water partition coefficient (Wildman–Crippen LogP) is 5.22. The van der Waals surface area contributed by atoms with Crippen molar-refractivity contribution >= 4 is 42.3 Å². The van der Waals surface area contributed by atoms with Crippen LogP contribution in [-0.4, -0.2) is 14.2 Å². The number of hydrogen-bond acceptors (Lipinski definition) is 3. The SMILES string of the molecule is COc1cc2cc3sc4ccccc4c3cc2cc1OC. The lowest BCUT2D eigenvalue weighted by atomic mass is 10.1. The Balaban J connectivity index is 2.12. The van der Waals surface area contributed by atoms with E-state index in [0.29, 0.717) is 0 Å². The van der Waals surface area contributed by atoms with E-state index in [1.807, 2.05) is 23.5 Å². The van der Waals surface area contributed by atoms with E-state index < -0.39 is 0 Å². The van der Waals surface area contributed by atoms with Gasteiger partial charge in [-0.05, 0) is 41.1 Å². The third-order valence-electron chi connectivity index (χ3n) is 3.84. The highest BCUT2D eigenvalue weighted by molar-refractivity contribution is 7.25. The van der Waals surface area contributed by atoms with Gasteiger partial charge in [0.25, 0.3) is 0 Å². The minimum atomic E-state index is 0.767. The van der Waals surface area contributed by atoms with Crippen LogP contribution < -0.4 is 9.47 Å². The molecule has 0 N–H and O–H groups in total. The Bertz CT molecular complexity index is 969. The lowest BCUT2D eigenvalue weighted by molar-refractivity contribution is 0.356. The fourth-order valence-corrected chi connectivity index (χ4v) is 3.93. The summed E-state index contributed by atoms with van der Waals surface area (Å²) in [5.41, 5.74) is 0. The van der Waals surface area contributed by atoms with Crippen LogP contribution in [0.5, 0.6) is 11.5 Å². The highest BCUT2D eigenvalue weighted by Crippen LogP contribution is 2.39. The zero-order valence-corrected chi connectivity index (χ0v) is 12.7. The van der Waals surface area contributed by atoms with Gasteiger partial charge in [-0.2, -0.15) is 0 Å². The van der Waals surface area contributed by atoms with Crippen molar-refractivity contribution in [2.24, 2.45) is 0 Å². The van der Waals surface area contributed by atoms with Crippen LogP contribution in [0.3, 0.4) is 0 Å². The van der Waals surface area contributed by atoms with Crippen molar-refractivity contribution in [1.29, 1.82) is 0 Å². The van der Waals surface area contributed by atoms with Crippen LogP contribution in [0.1, 0.15) is 0 Å². The normalized spacial score (nSPS) is 11.3. The van der Waals surface area contributed by atoms with Gasteiger partial charge in [-0.25, -0.2) is 0 Å². The Morgan fingerprint density at radius 3 is 2.10 bits per heavy atom. The van der Waals surface area contributed by atoms with Gasteiger partial charge >= 0.3 is 0 Å². The van der Waals surface area contributed by atoms with Crippen LogP contribution in [0.2, 0.25) is 0 Å². The average molecular weight is 294 g/mol. The van der Waals surface area contributed by atoms with Gasteiger partial charge in [0, 0.05) is 20.2 Å². The molecule has 1 aromatic heterocycles. The van der Waals surface area contributed by atoms with Crippen LogP contribution in [0, 0.1) is 0 Å². The van der Waals surface area contributed by atoms with E-state index in [1.165, 1.54) is 30.9 Å². The van der Waals surface area contributed by atoms with Gasteiger partial charge in [-0.15, -0.1) is 11.3 Å². The third kappa shape index (κ3) is 1.85. The Morgan fingerprint density at radius 1 is 0.714 bits per heavy atom. The summed E-state index contributed by atoms with van der Waals surface area (Å²) in [6.07, 6.45) is 0. The summed E-state index contributed by atoms with van der Waals surface area (Å²) < 4.78 is 13.4. The molecule has 1 heterocycles. The molecule has 0 bridgehead atoms. The maximum absolute atomic E-state index is 5.40. The van der Waals surface area contributed by atoms with E-state index in [4.69, 9.17) is 9.47 Å². The van der Waals surface area contributed by atoms with E-state index in [1.54, 1.807) is 14.2 Å². The predicted molar refractivity (Wildman–Crippen MR) is 89.9 cm³/mol. The summed E-state index contributed by atoms with van der Waals surface area (Å²) in [7, 11) is 3.34. The van der Waals surface area contributed by atoms with Gasteiger partial charge in [-0.3, -0.25) is 0 Å². The molecule has 4 rings (SSSR count). The number of methoxy groups -OCH3 is 2.